The Morgan fingerprint density at radius 3 is 2.75 bits per heavy atom. The second kappa shape index (κ2) is 6.34. The van der Waals surface area contributed by atoms with E-state index in [1.807, 2.05) is 0 Å². The molecule has 1 aromatic heterocycles. The number of hydrogen-bond acceptors (Lipinski definition) is 5. The first-order valence-corrected chi connectivity index (χ1v) is 9.65. The van der Waals surface area contributed by atoms with Gasteiger partial charge in [0.1, 0.15) is 0 Å². The molecule has 0 saturated carbocycles. The number of sulfonamides is 1. The number of hydrogen-bond donors (Lipinski definition) is 1. The summed E-state index contributed by atoms with van der Waals surface area (Å²) >= 11 is 0. The standard InChI is InChI=1S/C16H23N3O4S/c1-4-12-10-18(7-8-19(12)11(2)3)24(21,22)13-5-6-15-14(9-13)17-16(20)23-15/h5-6,9,11-12H,4,7-8,10H2,1-3H3,(H,17,20). The third-order valence-corrected chi connectivity index (χ3v) is 6.51. The summed E-state index contributed by atoms with van der Waals surface area (Å²) in [5.74, 6) is -0.587. The Morgan fingerprint density at radius 2 is 2.08 bits per heavy atom. The van der Waals surface area contributed by atoms with Gasteiger partial charge < -0.3 is 4.42 Å². The van der Waals surface area contributed by atoms with Gasteiger partial charge in [-0.2, -0.15) is 4.31 Å². The average Bonchev–Trinajstić information content (AvgIpc) is 2.93. The van der Waals surface area contributed by atoms with Crippen LogP contribution in [0.25, 0.3) is 11.1 Å². The number of nitrogens with one attached hydrogen (secondary N) is 1. The average molecular weight is 353 g/mol. The molecule has 0 radical (unpaired) electrons. The van der Waals surface area contributed by atoms with Crippen LogP contribution in [0.15, 0.2) is 32.3 Å². The van der Waals surface area contributed by atoms with Crippen molar-refractivity contribution in [2.24, 2.45) is 0 Å². The molecule has 1 fully saturated rings. The van der Waals surface area contributed by atoms with Gasteiger partial charge >= 0.3 is 5.76 Å². The Bertz CT molecular complexity index is 884. The lowest BCUT2D eigenvalue weighted by Gasteiger charge is -2.42. The molecule has 2 aromatic rings. The number of oxazole rings is 1. The summed E-state index contributed by atoms with van der Waals surface area (Å²) in [6, 6.07) is 5.08. The SMILES string of the molecule is CCC1CN(S(=O)(=O)c2ccc3oc(=O)[nH]c3c2)CCN1C(C)C. The third kappa shape index (κ3) is 3.01. The molecular weight excluding hydrogens is 330 g/mol. The predicted molar refractivity (Wildman–Crippen MR) is 91.5 cm³/mol. The molecule has 1 unspecified atom stereocenters. The first-order chi connectivity index (χ1) is 11.3. The molecule has 1 aliphatic heterocycles. The molecule has 0 spiro atoms. The van der Waals surface area contributed by atoms with Gasteiger partial charge in [-0.15, -0.1) is 0 Å². The Labute approximate surface area is 141 Å². The van der Waals surface area contributed by atoms with Crippen molar-refractivity contribution < 1.29 is 12.8 Å². The number of benzene rings is 1. The smallest absolute Gasteiger partial charge is 0.408 e. The van der Waals surface area contributed by atoms with Gasteiger partial charge in [-0.25, -0.2) is 13.2 Å². The van der Waals surface area contributed by atoms with Crippen molar-refractivity contribution in [2.45, 2.75) is 44.2 Å². The number of aromatic amines is 1. The molecule has 1 aromatic carbocycles. The fourth-order valence-electron chi connectivity index (χ4n) is 3.34. The maximum absolute atomic E-state index is 13.0. The van der Waals surface area contributed by atoms with Gasteiger partial charge in [0, 0.05) is 31.7 Å². The number of H-pyrrole nitrogens is 1. The van der Waals surface area contributed by atoms with Crippen LogP contribution in [0.5, 0.6) is 0 Å². The largest absolute Gasteiger partial charge is 0.417 e. The van der Waals surface area contributed by atoms with E-state index in [2.05, 4.69) is 30.7 Å². The van der Waals surface area contributed by atoms with E-state index in [1.165, 1.54) is 18.2 Å². The van der Waals surface area contributed by atoms with E-state index in [-0.39, 0.29) is 10.9 Å². The molecular formula is C16H23N3O4S. The van der Waals surface area contributed by atoms with Gasteiger partial charge in [0.15, 0.2) is 5.58 Å². The van der Waals surface area contributed by atoms with Crippen molar-refractivity contribution in [1.82, 2.24) is 14.2 Å². The van der Waals surface area contributed by atoms with Gasteiger partial charge in [-0.05, 0) is 38.5 Å². The maximum atomic E-state index is 13.0. The van der Waals surface area contributed by atoms with E-state index in [9.17, 15) is 13.2 Å². The molecule has 132 valence electrons. The number of nitrogens with zero attached hydrogens (tertiary/aromatic N) is 2. The fraction of sp³-hybridized carbons (Fsp3) is 0.562. The molecule has 2 heterocycles. The van der Waals surface area contributed by atoms with E-state index >= 15 is 0 Å². The first kappa shape index (κ1) is 17.2. The molecule has 7 nitrogen and oxygen atoms in total. The maximum Gasteiger partial charge on any atom is 0.417 e. The van der Waals surface area contributed by atoms with E-state index < -0.39 is 15.8 Å². The van der Waals surface area contributed by atoms with Crippen molar-refractivity contribution in [3.05, 3.63) is 28.7 Å². The van der Waals surface area contributed by atoms with Gasteiger partial charge in [-0.3, -0.25) is 9.88 Å². The number of rotatable bonds is 4. The van der Waals surface area contributed by atoms with Crippen molar-refractivity contribution in [3.8, 4) is 0 Å². The van der Waals surface area contributed by atoms with Crippen LogP contribution in [0.3, 0.4) is 0 Å². The van der Waals surface area contributed by atoms with Crippen molar-refractivity contribution in [2.75, 3.05) is 19.6 Å². The molecule has 1 atom stereocenters. The molecule has 24 heavy (non-hydrogen) atoms. The van der Waals surface area contributed by atoms with Gasteiger partial charge in [0.2, 0.25) is 10.0 Å². The summed E-state index contributed by atoms with van der Waals surface area (Å²) in [4.78, 5) is 16.3. The van der Waals surface area contributed by atoms with E-state index in [0.717, 1.165) is 13.0 Å². The molecule has 0 bridgehead atoms. The molecule has 1 N–H and O–H groups in total. The molecule has 8 heteroatoms. The summed E-state index contributed by atoms with van der Waals surface area (Å²) in [5, 5.41) is 0. The monoisotopic (exact) mass is 353 g/mol. The topological polar surface area (TPSA) is 86.6 Å². The Hall–Kier alpha value is -1.64. The highest BCUT2D eigenvalue weighted by Gasteiger charge is 2.34. The van der Waals surface area contributed by atoms with Crippen LogP contribution < -0.4 is 5.76 Å². The van der Waals surface area contributed by atoms with Crippen LogP contribution in [0, 0.1) is 0 Å². The summed E-state index contributed by atoms with van der Waals surface area (Å²) < 4.78 is 32.4. The lowest BCUT2D eigenvalue weighted by atomic mass is 10.1. The van der Waals surface area contributed by atoms with Gasteiger partial charge in [-0.1, -0.05) is 6.92 Å². The van der Waals surface area contributed by atoms with Crippen LogP contribution in [-0.4, -0.2) is 54.3 Å². The number of piperazine rings is 1. The number of fused-ring (bicyclic) bond motifs is 1. The Balaban J connectivity index is 1.90. The highest BCUT2D eigenvalue weighted by Crippen LogP contribution is 2.24. The lowest BCUT2D eigenvalue weighted by Crippen LogP contribution is -2.56. The molecule has 1 aliphatic rings. The summed E-state index contributed by atoms with van der Waals surface area (Å²) in [5.41, 5.74) is 0.754. The minimum Gasteiger partial charge on any atom is -0.408 e. The second-order valence-corrected chi connectivity index (χ2v) is 8.37. The molecule has 0 amide bonds. The predicted octanol–water partition coefficient (Wildman–Crippen LogP) is 1.61. The zero-order valence-corrected chi connectivity index (χ0v) is 15.0. The Morgan fingerprint density at radius 1 is 1.33 bits per heavy atom. The normalized spacial score (nSPS) is 20.9. The zero-order valence-electron chi connectivity index (χ0n) is 14.2. The van der Waals surface area contributed by atoms with Crippen LogP contribution in [0.4, 0.5) is 0 Å². The quantitative estimate of drug-likeness (QED) is 0.902. The molecule has 1 saturated heterocycles. The van der Waals surface area contributed by atoms with Crippen LogP contribution in [-0.2, 0) is 10.0 Å². The van der Waals surface area contributed by atoms with Crippen LogP contribution in [0.2, 0.25) is 0 Å². The van der Waals surface area contributed by atoms with Crippen molar-refractivity contribution >= 4 is 21.1 Å². The van der Waals surface area contributed by atoms with E-state index in [1.54, 1.807) is 4.31 Å². The highest BCUT2D eigenvalue weighted by atomic mass is 32.2. The summed E-state index contributed by atoms with van der Waals surface area (Å²) in [6.45, 7) is 8.03. The van der Waals surface area contributed by atoms with Crippen molar-refractivity contribution in [1.29, 1.82) is 0 Å². The fourth-order valence-corrected chi connectivity index (χ4v) is 4.84. The van der Waals surface area contributed by atoms with E-state index in [4.69, 9.17) is 4.42 Å². The Kier molecular flexibility index (Phi) is 4.54. The summed E-state index contributed by atoms with van der Waals surface area (Å²) in [6.07, 6.45) is 0.901. The zero-order chi connectivity index (χ0) is 17.5. The lowest BCUT2D eigenvalue weighted by molar-refractivity contribution is 0.0851. The minimum absolute atomic E-state index is 0.180. The molecule has 0 aliphatic carbocycles. The van der Waals surface area contributed by atoms with Gasteiger partial charge in [0.25, 0.3) is 0 Å². The highest BCUT2D eigenvalue weighted by molar-refractivity contribution is 7.89. The van der Waals surface area contributed by atoms with Crippen LogP contribution >= 0.6 is 0 Å². The van der Waals surface area contributed by atoms with E-state index in [0.29, 0.717) is 30.2 Å². The first-order valence-electron chi connectivity index (χ1n) is 8.21. The summed E-state index contributed by atoms with van der Waals surface area (Å²) in [7, 11) is -3.59. The molecule has 3 rings (SSSR count). The minimum atomic E-state index is -3.59. The van der Waals surface area contributed by atoms with Crippen LogP contribution in [0.1, 0.15) is 27.2 Å². The third-order valence-electron chi connectivity index (χ3n) is 4.65. The number of aromatic nitrogens is 1. The van der Waals surface area contributed by atoms with Crippen molar-refractivity contribution in [3.63, 3.8) is 0 Å². The van der Waals surface area contributed by atoms with Gasteiger partial charge in [0.05, 0.1) is 10.4 Å². The second-order valence-electron chi connectivity index (χ2n) is 6.43.